The minimum Gasteiger partial charge on any atom is -0.328 e. The van der Waals surface area contributed by atoms with E-state index in [4.69, 9.17) is 0 Å². The molecule has 1 heterocycles. The normalized spacial score (nSPS) is 15.7. The molecule has 3 rings (SSSR count). The molecule has 170 valence electrons. The average Bonchev–Trinajstić information content (AvgIpc) is 2.74. The van der Waals surface area contributed by atoms with Crippen molar-refractivity contribution in [3.05, 3.63) is 65.5 Å². The predicted molar refractivity (Wildman–Crippen MR) is 108 cm³/mol. The molecule has 32 heavy (non-hydrogen) atoms. The van der Waals surface area contributed by atoms with Crippen molar-refractivity contribution in [2.24, 2.45) is 0 Å². The molecule has 3 amide bonds. The lowest BCUT2D eigenvalue weighted by molar-refractivity contribution is -0.159. The second kappa shape index (κ2) is 9.37. The molecule has 2 aromatic rings. The third kappa shape index (κ3) is 5.24. The zero-order valence-electron chi connectivity index (χ0n) is 17.2. The molecule has 0 spiro atoms. The number of hydrogen-bond donors (Lipinski definition) is 1. The van der Waals surface area contributed by atoms with E-state index in [1.165, 1.54) is 41.3 Å². The van der Waals surface area contributed by atoms with Crippen molar-refractivity contribution >= 4 is 23.4 Å². The van der Waals surface area contributed by atoms with Crippen molar-refractivity contribution in [2.45, 2.75) is 32.1 Å². The van der Waals surface area contributed by atoms with Gasteiger partial charge in [0, 0.05) is 25.3 Å². The smallest absolute Gasteiger partial charge is 0.328 e. The number of piperazine rings is 1. The molecule has 1 atom stereocenters. The van der Waals surface area contributed by atoms with Gasteiger partial charge in [0.2, 0.25) is 5.91 Å². The highest BCUT2D eigenvalue weighted by molar-refractivity contribution is 6.35. The molecule has 1 aliphatic heterocycles. The monoisotopic (exact) mass is 451 g/mol. The van der Waals surface area contributed by atoms with E-state index < -0.39 is 41.3 Å². The van der Waals surface area contributed by atoms with Crippen molar-refractivity contribution in [1.82, 2.24) is 9.80 Å². The number of anilines is 1. The summed E-state index contributed by atoms with van der Waals surface area (Å²) in [5.74, 6) is -2.77. The van der Waals surface area contributed by atoms with Crippen LogP contribution in [0.25, 0.3) is 0 Å². The summed E-state index contributed by atoms with van der Waals surface area (Å²) < 4.78 is 51.8. The van der Waals surface area contributed by atoms with Crippen LogP contribution in [-0.2, 0) is 27.1 Å². The Balaban J connectivity index is 1.68. The van der Waals surface area contributed by atoms with Gasteiger partial charge in [0.1, 0.15) is 11.9 Å². The fraction of sp³-hybridized carbons (Fsp3) is 0.318. The molecule has 10 heteroatoms. The Hall–Kier alpha value is -3.43. The molecule has 2 aromatic carbocycles. The lowest BCUT2D eigenvalue weighted by Gasteiger charge is -2.37. The number of carbonyl (C=O) groups excluding carboxylic acids is 3. The SMILES string of the molecule is CCC(C(=O)Nc1cccc(C(F)(F)F)c1)N1CCN(Cc2ccc(F)cc2)C(=O)C1=O. The first-order valence-electron chi connectivity index (χ1n) is 9.92. The average molecular weight is 451 g/mol. The predicted octanol–water partition coefficient (Wildman–Crippen LogP) is 3.43. The summed E-state index contributed by atoms with van der Waals surface area (Å²) in [5.41, 5.74) is -0.323. The first kappa shape index (κ1) is 23.2. The standard InChI is InChI=1S/C22H21F4N3O3/c1-2-18(19(30)27-17-5-3-4-15(12-17)22(24,25)26)29-11-10-28(20(31)21(29)32)13-14-6-8-16(23)9-7-14/h3-9,12,18H,2,10-11,13H2,1H3,(H,27,30). The fourth-order valence-electron chi connectivity index (χ4n) is 3.49. The number of rotatable bonds is 6. The van der Waals surface area contributed by atoms with Gasteiger partial charge in [-0.1, -0.05) is 25.1 Å². The van der Waals surface area contributed by atoms with Gasteiger partial charge < -0.3 is 15.1 Å². The first-order valence-corrected chi connectivity index (χ1v) is 9.92. The molecule has 1 aliphatic rings. The summed E-state index contributed by atoms with van der Waals surface area (Å²) in [6, 6.07) is 8.68. The van der Waals surface area contributed by atoms with Gasteiger partial charge in [0.25, 0.3) is 0 Å². The van der Waals surface area contributed by atoms with Crippen LogP contribution in [-0.4, -0.2) is 46.7 Å². The quantitative estimate of drug-likeness (QED) is 0.541. The molecule has 1 N–H and O–H groups in total. The summed E-state index contributed by atoms with van der Waals surface area (Å²) >= 11 is 0. The third-order valence-electron chi connectivity index (χ3n) is 5.15. The Labute approximate surface area is 181 Å². The van der Waals surface area contributed by atoms with Gasteiger partial charge in [-0.15, -0.1) is 0 Å². The number of alkyl halides is 3. The van der Waals surface area contributed by atoms with Gasteiger partial charge >= 0.3 is 18.0 Å². The maximum absolute atomic E-state index is 13.1. The molecule has 1 unspecified atom stereocenters. The molecule has 6 nitrogen and oxygen atoms in total. The molecule has 0 radical (unpaired) electrons. The second-order valence-electron chi connectivity index (χ2n) is 7.34. The van der Waals surface area contributed by atoms with Gasteiger partial charge in [-0.2, -0.15) is 13.2 Å². The number of carbonyl (C=O) groups is 3. The first-order chi connectivity index (χ1) is 15.1. The lowest BCUT2D eigenvalue weighted by atomic mass is 10.1. The third-order valence-corrected chi connectivity index (χ3v) is 5.15. The van der Waals surface area contributed by atoms with E-state index in [0.29, 0.717) is 5.56 Å². The van der Waals surface area contributed by atoms with Gasteiger partial charge in [-0.05, 0) is 42.3 Å². The Morgan fingerprint density at radius 3 is 2.38 bits per heavy atom. The Morgan fingerprint density at radius 2 is 1.75 bits per heavy atom. The van der Waals surface area contributed by atoms with Gasteiger partial charge in [0.15, 0.2) is 0 Å². The number of benzene rings is 2. The summed E-state index contributed by atoms with van der Waals surface area (Å²) in [7, 11) is 0. The largest absolute Gasteiger partial charge is 0.416 e. The maximum atomic E-state index is 13.1. The molecule has 1 saturated heterocycles. The molecule has 0 saturated carbocycles. The van der Waals surface area contributed by atoms with Crippen LogP contribution in [0, 0.1) is 5.82 Å². The van der Waals surface area contributed by atoms with Crippen LogP contribution in [0.1, 0.15) is 24.5 Å². The van der Waals surface area contributed by atoms with Crippen LogP contribution in [0.2, 0.25) is 0 Å². The van der Waals surface area contributed by atoms with Crippen molar-refractivity contribution < 1.29 is 31.9 Å². The molecule has 0 aromatic heterocycles. The van der Waals surface area contributed by atoms with E-state index in [0.717, 1.165) is 17.0 Å². The topological polar surface area (TPSA) is 69.7 Å². The maximum Gasteiger partial charge on any atom is 0.416 e. The van der Waals surface area contributed by atoms with Crippen LogP contribution >= 0.6 is 0 Å². The van der Waals surface area contributed by atoms with E-state index in [2.05, 4.69) is 5.32 Å². The lowest BCUT2D eigenvalue weighted by Crippen LogP contribution is -2.59. The minimum atomic E-state index is -4.56. The summed E-state index contributed by atoms with van der Waals surface area (Å²) in [6.07, 6.45) is -4.39. The fourth-order valence-corrected chi connectivity index (χ4v) is 3.49. The summed E-state index contributed by atoms with van der Waals surface area (Å²) in [6.45, 7) is 2.00. The highest BCUT2D eigenvalue weighted by atomic mass is 19.4. The van der Waals surface area contributed by atoms with Gasteiger partial charge in [-0.25, -0.2) is 4.39 Å². The Kier molecular flexibility index (Phi) is 6.81. The minimum absolute atomic E-state index is 0.0583. The van der Waals surface area contributed by atoms with Gasteiger partial charge in [-0.3, -0.25) is 14.4 Å². The summed E-state index contributed by atoms with van der Waals surface area (Å²) in [4.78, 5) is 40.4. The van der Waals surface area contributed by atoms with Crippen molar-refractivity contribution in [3.8, 4) is 0 Å². The van der Waals surface area contributed by atoms with Crippen LogP contribution in [0.3, 0.4) is 0 Å². The Bertz CT molecular complexity index is 1010. The van der Waals surface area contributed by atoms with Crippen molar-refractivity contribution in [3.63, 3.8) is 0 Å². The molecule has 1 fully saturated rings. The van der Waals surface area contributed by atoms with E-state index in [1.54, 1.807) is 6.92 Å². The van der Waals surface area contributed by atoms with Gasteiger partial charge in [0.05, 0.1) is 5.56 Å². The number of hydrogen-bond acceptors (Lipinski definition) is 3. The zero-order chi connectivity index (χ0) is 23.5. The molecular weight excluding hydrogens is 430 g/mol. The number of nitrogens with one attached hydrogen (secondary N) is 1. The second-order valence-corrected chi connectivity index (χ2v) is 7.34. The van der Waals surface area contributed by atoms with E-state index in [9.17, 15) is 31.9 Å². The number of nitrogens with zero attached hydrogens (tertiary/aromatic N) is 2. The van der Waals surface area contributed by atoms with Crippen molar-refractivity contribution in [1.29, 1.82) is 0 Å². The summed E-state index contributed by atoms with van der Waals surface area (Å²) in [5, 5.41) is 2.40. The van der Waals surface area contributed by atoms with Crippen LogP contribution in [0.5, 0.6) is 0 Å². The Morgan fingerprint density at radius 1 is 1.06 bits per heavy atom. The van der Waals surface area contributed by atoms with Crippen molar-refractivity contribution in [2.75, 3.05) is 18.4 Å². The van der Waals surface area contributed by atoms with E-state index >= 15 is 0 Å². The van der Waals surface area contributed by atoms with Crippen LogP contribution in [0.4, 0.5) is 23.2 Å². The van der Waals surface area contributed by atoms with Crippen LogP contribution in [0.15, 0.2) is 48.5 Å². The number of amides is 3. The molecule has 0 aliphatic carbocycles. The van der Waals surface area contributed by atoms with E-state index in [-0.39, 0.29) is 31.7 Å². The number of halogens is 4. The molecule has 0 bridgehead atoms. The zero-order valence-corrected chi connectivity index (χ0v) is 17.2. The van der Waals surface area contributed by atoms with E-state index in [1.807, 2.05) is 0 Å². The highest BCUT2D eigenvalue weighted by Crippen LogP contribution is 2.30. The van der Waals surface area contributed by atoms with Crippen LogP contribution < -0.4 is 5.32 Å². The highest BCUT2D eigenvalue weighted by Gasteiger charge is 2.38. The molecular formula is C22H21F4N3O3.